The standard InChI is InChI=1S/C24H20F2N4O4S/c1-29-11-15(10-27-29)20-13-30(12-14-3-5-17(8-19(14)20)35(2,32)33)24(31)22-9-23(34-28-22)18-6-4-16(25)7-21(18)26/h3-11,20H,12-13H2,1-2H3. The zero-order valence-corrected chi connectivity index (χ0v) is 19.6. The molecule has 0 spiro atoms. The minimum atomic E-state index is -3.42. The molecule has 35 heavy (non-hydrogen) atoms. The molecule has 2 aromatic heterocycles. The summed E-state index contributed by atoms with van der Waals surface area (Å²) in [5, 5.41) is 8.03. The van der Waals surface area contributed by atoms with Gasteiger partial charge in [-0.3, -0.25) is 9.48 Å². The van der Waals surface area contributed by atoms with Crippen LogP contribution < -0.4 is 0 Å². The number of aryl methyl sites for hydroxylation is 1. The van der Waals surface area contributed by atoms with E-state index in [0.717, 1.165) is 35.1 Å². The van der Waals surface area contributed by atoms with Crippen LogP contribution in [-0.4, -0.2) is 47.0 Å². The third kappa shape index (κ3) is 4.34. The number of sulfone groups is 1. The summed E-state index contributed by atoms with van der Waals surface area (Å²) >= 11 is 0. The molecular formula is C24H20F2N4O4S. The summed E-state index contributed by atoms with van der Waals surface area (Å²) in [5.41, 5.74) is 2.39. The van der Waals surface area contributed by atoms with Gasteiger partial charge in [-0.1, -0.05) is 11.2 Å². The summed E-state index contributed by atoms with van der Waals surface area (Å²) in [6.45, 7) is 0.472. The Morgan fingerprint density at radius 3 is 2.63 bits per heavy atom. The van der Waals surface area contributed by atoms with E-state index >= 15 is 0 Å². The van der Waals surface area contributed by atoms with Crippen LogP contribution in [0.25, 0.3) is 11.3 Å². The van der Waals surface area contributed by atoms with Crippen molar-refractivity contribution in [3.63, 3.8) is 0 Å². The van der Waals surface area contributed by atoms with Crippen molar-refractivity contribution < 1.29 is 26.5 Å². The lowest BCUT2D eigenvalue weighted by atomic mass is 9.86. The van der Waals surface area contributed by atoms with Crippen molar-refractivity contribution in [2.75, 3.05) is 12.8 Å². The Labute approximate surface area is 199 Å². The topological polar surface area (TPSA) is 98.3 Å². The number of carbonyl (C=O) groups is 1. The van der Waals surface area contributed by atoms with E-state index in [-0.39, 0.29) is 40.9 Å². The summed E-state index contributed by atoms with van der Waals surface area (Å²) in [6.07, 6.45) is 4.65. The highest BCUT2D eigenvalue weighted by molar-refractivity contribution is 7.90. The molecule has 1 aliphatic rings. The van der Waals surface area contributed by atoms with Gasteiger partial charge in [0.1, 0.15) is 11.6 Å². The largest absolute Gasteiger partial charge is 0.355 e. The molecule has 0 bridgehead atoms. The van der Waals surface area contributed by atoms with Crippen molar-refractivity contribution >= 4 is 15.7 Å². The first kappa shape index (κ1) is 22.9. The summed E-state index contributed by atoms with van der Waals surface area (Å²) in [4.78, 5) is 15.1. The van der Waals surface area contributed by atoms with Crippen LogP contribution in [-0.2, 0) is 23.4 Å². The summed E-state index contributed by atoms with van der Waals surface area (Å²) in [5.74, 6) is -2.31. The van der Waals surface area contributed by atoms with Crippen LogP contribution in [0.15, 0.2) is 64.3 Å². The van der Waals surface area contributed by atoms with E-state index in [1.54, 1.807) is 35.0 Å². The van der Waals surface area contributed by atoms with Gasteiger partial charge in [0.15, 0.2) is 21.3 Å². The monoisotopic (exact) mass is 498 g/mol. The number of rotatable bonds is 4. The van der Waals surface area contributed by atoms with Gasteiger partial charge in [-0.15, -0.1) is 0 Å². The molecule has 1 amide bonds. The smallest absolute Gasteiger partial charge is 0.276 e. The quantitative estimate of drug-likeness (QED) is 0.427. The number of fused-ring (bicyclic) bond motifs is 1. The molecule has 1 unspecified atom stereocenters. The molecule has 3 heterocycles. The van der Waals surface area contributed by atoms with E-state index in [1.165, 1.54) is 18.2 Å². The maximum atomic E-state index is 14.2. The van der Waals surface area contributed by atoms with E-state index in [2.05, 4.69) is 10.3 Å². The van der Waals surface area contributed by atoms with Crippen molar-refractivity contribution in [3.8, 4) is 11.3 Å². The molecule has 180 valence electrons. The molecule has 2 aromatic carbocycles. The van der Waals surface area contributed by atoms with Crippen molar-refractivity contribution in [2.45, 2.75) is 17.4 Å². The fraction of sp³-hybridized carbons (Fsp3) is 0.208. The number of halogens is 2. The van der Waals surface area contributed by atoms with Gasteiger partial charge in [-0.2, -0.15) is 5.10 Å². The number of carbonyl (C=O) groups excluding carboxylic acids is 1. The summed E-state index contributed by atoms with van der Waals surface area (Å²) in [7, 11) is -1.64. The second-order valence-electron chi connectivity index (χ2n) is 8.52. The first-order chi connectivity index (χ1) is 16.6. The molecule has 11 heteroatoms. The number of benzene rings is 2. The Balaban J connectivity index is 1.50. The Bertz CT molecular complexity index is 1560. The Morgan fingerprint density at radius 1 is 1.14 bits per heavy atom. The van der Waals surface area contributed by atoms with Gasteiger partial charge in [0, 0.05) is 50.6 Å². The maximum Gasteiger partial charge on any atom is 0.276 e. The molecule has 0 fully saturated rings. The molecule has 5 rings (SSSR count). The fourth-order valence-corrected chi connectivity index (χ4v) is 4.93. The molecule has 0 N–H and O–H groups in total. The average molecular weight is 499 g/mol. The molecule has 4 aromatic rings. The van der Waals surface area contributed by atoms with Crippen LogP contribution in [0.2, 0.25) is 0 Å². The molecular weight excluding hydrogens is 478 g/mol. The van der Waals surface area contributed by atoms with E-state index < -0.39 is 27.4 Å². The van der Waals surface area contributed by atoms with E-state index in [9.17, 15) is 22.0 Å². The van der Waals surface area contributed by atoms with Gasteiger partial charge in [-0.05, 0) is 41.0 Å². The van der Waals surface area contributed by atoms with Crippen LogP contribution in [0.1, 0.15) is 33.1 Å². The number of amides is 1. The number of hydrogen-bond acceptors (Lipinski definition) is 6. The third-order valence-corrected chi connectivity index (χ3v) is 7.14. The Morgan fingerprint density at radius 2 is 1.94 bits per heavy atom. The second-order valence-corrected chi connectivity index (χ2v) is 10.5. The second kappa shape index (κ2) is 8.42. The van der Waals surface area contributed by atoms with Gasteiger partial charge >= 0.3 is 0 Å². The van der Waals surface area contributed by atoms with Gasteiger partial charge in [0.25, 0.3) is 5.91 Å². The van der Waals surface area contributed by atoms with E-state index in [1.807, 2.05) is 6.20 Å². The minimum Gasteiger partial charge on any atom is -0.355 e. The Kier molecular flexibility index (Phi) is 5.51. The molecule has 8 nitrogen and oxygen atoms in total. The molecule has 0 saturated heterocycles. The summed E-state index contributed by atoms with van der Waals surface area (Å²) in [6, 6.07) is 9.23. The average Bonchev–Trinajstić information content (AvgIpc) is 3.46. The van der Waals surface area contributed by atoms with Crippen molar-refractivity contribution in [3.05, 3.63) is 88.9 Å². The Hall–Kier alpha value is -3.86. The summed E-state index contributed by atoms with van der Waals surface area (Å²) < 4.78 is 58.5. The van der Waals surface area contributed by atoms with Crippen LogP contribution in [0.4, 0.5) is 8.78 Å². The molecule has 0 radical (unpaired) electrons. The minimum absolute atomic E-state index is 0.00450. The molecule has 1 aliphatic heterocycles. The van der Waals surface area contributed by atoms with Gasteiger partial charge in [-0.25, -0.2) is 17.2 Å². The zero-order chi connectivity index (χ0) is 24.9. The lowest BCUT2D eigenvalue weighted by Crippen LogP contribution is -2.38. The molecule has 1 atom stereocenters. The third-order valence-electron chi connectivity index (χ3n) is 6.03. The van der Waals surface area contributed by atoms with Crippen LogP contribution in [0.5, 0.6) is 0 Å². The normalized spacial score (nSPS) is 15.8. The molecule has 0 aliphatic carbocycles. The predicted octanol–water partition coefficient (Wildman–Crippen LogP) is 3.54. The van der Waals surface area contributed by atoms with Crippen LogP contribution in [0.3, 0.4) is 0 Å². The van der Waals surface area contributed by atoms with Crippen molar-refractivity contribution in [1.29, 1.82) is 0 Å². The lowest BCUT2D eigenvalue weighted by molar-refractivity contribution is 0.0714. The zero-order valence-electron chi connectivity index (χ0n) is 18.8. The van der Waals surface area contributed by atoms with E-state index in [0.29, 0.717) is 0 Å². The molecule has 0 saturated carbocycles. The number of hydrogen-bond donors (Lipinski definition) is 0. The van der Waals surface area contributed by atoms with Gasteiger partial charge < -0.3 is 9.42 Å². The highest BCUT2D eigenvalue weighted by atomic mass is 32.2. The lowest BCUT2D eigenvalue weighted by Gasteiger charge is -2.34. The first-order valence-corrected chi connectivity index (χ1v) is 12.5. The highest BCUT2D eigenvalue weighted by Gasteiger charge is 2.32. The van der Waals surface area contributed by atoms with Gasteiger partial charge in [0.2, 0.25) is 0 Å². The number of aromatic nitrogens is 3. The predicted molar refractivity (Wildman–Crippen MR) is 121 cm³/mol. The SMILES string of the molecule is Cn1cc(C2CN(C(=O)c3cc(-c4ccc(F)cc4F)on3)Cc3ccc(S(C)(=O)=O)cc32)cn1. The van der Waals surface area contributed by atoms with E-state index in [4.69, 9.17) is 4.52 Å². The fourth-order valence-electron chi connectivity index (χ4n) is 4.27. The van der Waals surface area contributed by atoms with Crippen molar-refractivity contribution in [2.24, 2.45) is 7.05 Å². The van der Waals surface area contributed by atoms with Gasteiger partial charge in [0.05, 0.1) is 16.7 Å². The highest BCUT2D eigenvalue weighted by Crippen LogP contribution is 2.36. The van der Waals surface area contributed by atoms with Crippen LogP contribution >= 0.6 is 0 Å². The van der Waals surface area contributed by atoms with Crippen molar-refractivity contribution in [1.82, 2.24) is 19.8 Å². The maximum absolute atomic E-state index is 14.2. The first-order valence-electron chi connectivity index (χ1n) is 10.6. The van der Waals surface area contributed by atoms with Crippen LogP contribution in [0, 0.1) is 11.6 Å². The number of nitrogens with zero attached hydrogens (tertiary/aromatic N) is 4.